The topological polar surface area (TPSA) is 53.1 Å². The molecule has 3 aliphatic rings. The monoisotopic (exact) mass is 457 g/mol. The molecule has 2 aliphatic heterocycles. The minimum absolute atomic E-state index is 0.00244. The number of allylic oxidation sites excluding steroid dienone is 4. The molecule has 8 heteroatoms. The normalized spacial score (nSPS) is 21.5. The number of carbonyl (C=O) groups excluding carboxylic acids is 2. The Labute approximate surface area is 191 Å². The number of benzene rings is 1. The minimum atomic E-state index is -0.470. The number of piperazine rings is 1. The molecule has 32 heavy (non-hydrogen) atoms. The van der Waals surface area contributed by atoms with E-state index < -0.39 is 5.92 Å². The number of hydrogen-bond donors (Lipinski definition) is 0. The fourth-order valence-electron chi connectivity index (χ4n) is 4.09. The third-order valence-electron chi connectivity index (χ3n) is 5.85. The number of carbonyl (C=O) groups is 2. The van der Waals surface area contributed by atoms with Crippen LogP contribution in [0.1, 0.15) is 18.9 Å². The summed E-state index contributed by atoms with van der Waals surface area (Å²) in [5, 5.41) is 0.439. The molecule has 0 spiro atoms. The molecule has 1 fully saturated rings. The maximum atomic E-state index is 13.4. The van der Waals surface area contributed by atoms with Crippen LogP contribution in [0, 0.1) is 11.7 Å². The standard InChI is InChI=1S/C24H25ClFN3O3/c1-17(30)29-13-14-32-22(16-29)23-20(3-2-4-21(23)25)24(31)28-11-9-27(10-12-28)15-18-5-7-19(26)8-6-18/h2,4-8,13-14,16,20H,3,9-12,15H2,1H3. The lowest BCUT2D eigenvalue weighted by molar-refractivity contribution is -0.136. The van der Waals surface area contributed by atoms with Crippen LogP contribution in [0.25, 0.3) is 0 Å². The molecule has 6 nitrogen and oxygen atoms in total. The van der Waals surface area contributed by atoms with Crippen molar-refractivity contribution in [2.45, 2.75) is 19.9 Å². The maximum Gasteiger partial charge on any atom is 0.230 e. The SMILES string of the molecule is CC(=O)N1C=COC(C2=C(Cl)C=CCC2C(=O)N2CCN(Cc3ccc(F)cc3)CC2)=C1. The van der Waals surface area contributed by atoms with Crippen LogP contribution in [-0.2, 0) is 20.9 Å². The van der Waals surface area contributed by atoms with Crippen molar-refractivity contribution in [1.82, 2.24) is 14.7 Å². The fraction of sp³-hybridized carbons (Fsp3) is 0.333. The number of amides is 2. The summed E-state index contributed by atoms with van der Waals surface area (Å²) in [5.74, 6) is -0.470. The Morgan fingerprint density at radius 2 is 1.88 bits per heavy atom. The van der Waals surface area contributed by atoms with Crippen LogP contribution >= 0.6 is 11.6 Å². The first-order valence-corrected chi connectivity index (χ1v) is 11.0. The molecule has 1 aromatic carbocycles. The smallest absolute Gasteiger partial charge is 0.230 e. The summed E-state index contributed by atoms with van der Waals surface area (Å²) in [5.41, 5.74) is 1.65. The van der Waals surface area contributed by atoms with Gasteiger partial charge in [-0.1, -0.05) is 29.8 Å². The van der Waals surface area contributed by atoms with Crippen LogP contribution in [0.5, 0.6) is 0 Å². The average molecular weight is 458 g/mol. The van der Waals surface area contributed by atoms with Crippen molar-refractivity contribution in [3.05, 3.63) is 82.8 Å². The highest BCUT2D eigenvalue weighted by Gasteiger charge is 2.35. The molecule has 0 saturated carbocycles. The Morgan fingerprint density at radius 3 is 2.56 bits per heavy atom. The van der Waals surface area contributed by atoms with Crippen molar-refractivity contribution in [2.24, 2.45) is 5.92 Å². The van der Waals surface area contributed by atoms with Crippen LogP contribution in [0.2, 0.25) is 0 Å². The van der Waals surface area contributed by atoms with Gasteiger partial charge in [0.2, 0.25) is 11.8 Å². The highest BCUT2D eigenvalue weighted by Crippen LogP contribution is 2.36. The summed E-state index contributed by atoms with van der Waals surface area (Å²) in [4.78, 5) is 30.7. The van der Waals surface area contributed by atoms with Gasteiger partial charge in [0.15, 0.2) is 0 Å². The molecule has 1 saturated heterocycles. The third kappa shape index (κ3) is 4.95. The Hall–Kier alpha value is -2.90. The largest absolute Gasteiger partial charge is 0.462 e. The van der Waals surface area contributed by atoms with E-state index in [4.69, 9.17) is 16.3 Å². The van der Waals surface area contributed by atoms with Crippen LogP contribution in [0.4, 0.5) is 4.39 Å². The van der Waals surface area contributed by atoms with Gasteiger partial charge in [0.05, 0.1) is 12.1 Å². The zero-order chi connectivity index (χ0) is 22.7. The van der Waals surface area contributed by atoms with Crippen LogP contribution in [-0.4, -0.2) is 52.7 Å². The van der Waals surface area contributed by atoms with Crippen molar-refractivity contribution in [1.29, 1.82) is 0 Å². The average Bonchev–Trinajstić information content (AvgIpc) is 2.80. The van der Waals surface area contributed by atoms with E-state index in [-0.39, 0.29) is 17.6 Å². The Morgan fingerprint density at radius 1 is 1.16 bits per heavy atom. The first-order valence-electron chi connectivity index (χ1n) is 10.6. The number of halogens is 2. The zero-order valence-corrected chi connectivity index (χ0v) is 18.6. The molecule has 0 radical (unpaired) electrons. The lowest BCUT2D eigenvalue weighted by Gasteiger charge is -2.37. The fourth-order valence-corrected chi connectivity index (χ4v) is 4.40. The van der Waals surface area contributed by atoms with Gasteiger partial charge in [-0.05, 0) is 30.2 Å². The van der Waals surface area contributed by atoms with E-state index in [1.54, 1.807) is 24.4 Å². The summed E-state index contributed by atoms with van der Waals surface area (Å²) < 4.78 is 18.8. The lowest BCUT2D eigenvalue weighted by atomic mass is 9.88. The Bertz CT molecular complexity index is 1010. The molecule has 1 unspecified atom stereocenters. The number of nitrogens with zero attached hydrogens (tertiary/aromatic N) is 3. The summed E-state index contributed by atoms with van der Waals surface area (Å²) in [6.07, 6.45) is 8.69. The van der Waals surface area contributed by atoms with E-state index >= 15 is 0 Å². The minimum Gasteiger partial charge on any atom is -0.462 e. The van der Waals surface area contributed by atoms with Gasteiger partial charge in [-0.25, -0.2) is 4.39 Å². The predicted octanol–water partition coefficient (Wildman–Crippen LogP) is 3.73. The second-order valence-electron chi connectivity index (χ2n) is 8.00. The maximum absolute atomic E-state index is 13.4. The first-order chi connectivity index (χ1) is 15.4. The van der Waals surface area contributed by atoms with E-state index in [1.165, 1.54) is 36.4 Å². The van der Waals surface area contributed by atoms with Gasteiger partial charge < -0.3 is 9.64 Å². The van der Waals surface area contributed by atoms with E-state index in [9.17, 15) is 14.0 Å². The molecule has 1 atom stereocenters. The highest BCUT2D eigenvalue weighted by atomic mass is 35.5. The Balaban J connectivity index is 1.43. The molecule has 4 rings (SSSR count). The Kier molecular flexibility index (Phi) is 6.77. The molecular weight excluding hydrogens is 433 g/mol. The molecule has 1 aliphatic carbocycles. The molecule has 1 aromatic rings. The summed E-state index contributed by atoms with van der Waals surface area (Å²) in [6.45, 7) is 4.85. The molecule has 0 bridgehead atoms. The predicted molar refractivity (Wildman–Crippen MR) is 119 cm³/mol. The quantitative estimate of drug-likeness (QED) is 0.691. The summed E-state index contributed by atoms with van der Waals surface area (Å²) in [7, 11) is 0. The first kappa shape index (κ1) is 22.3. The van der Waals surface area contributed by atoms with Crippen molar-refractivity contribution in [3.8, 4) is 0 Å². The van der Waals surface area contributed by atoms with Gasteiger partial charge in [0, 0.05) is 56.5 Å². The van der Waals surface area contributed by atoms with Gasteiger partial charge in [-0.15, -0.1) is 0 Å². The summed E-state index contributed by atoms with van der Waals surface area (Å²) >= 11 is 6.48. The zero-order valence-electron chi connectivity index (χ0n) is 17.8. The van der Waals surface area contributed by atoms with Crippen LogP contribution in [0.15, 0.2) is 71.4 Å². The van der Waals surface area contributed by atoms with Crippen LogP contribution in [0.3, 0.4) is 0 Å². The second-order valence-corrected chi connectivity index (χ2v) is 8.41. The van der Waals surface area contributed by atoms with Gasteiger partial charge in [0.1, 0.15) is 17.8 Å². The van der Waals surface area contributed by atoms with Crippen molar-refractivity contribution >= 4 is 23.4 Å². The molecule has 0 aromatic heterocycles. The van der Waals surface area contributed by atoms with Gasteiger partial charge >= 0.3 is 0 Å². The molecular formula is C24H25ClFN3O3. The van der Waals surface area contributed by atoms with Gasteiger partial charge in [-0.2, -0.15) is 0 Å². The van der Waals surface area contributed by atoms with Crippen LogP contribution < -0.4 is 0 Å². The van der Waals surface area contributed by atoms with Gasteiger partial charge in [0.25, 0.3) is 0 Å². The molecule has 2 heterocycles. The summed E-state index contributed by atoms with van der Waals surface area (Å²) in [6, 6.07) is 6.51. The number of hydrogen-bond acceptors (Lipinski definition) is 4. The van der Waals surface area contributed by atoms with E-state index in [1.807, 2.05) is 11.0 Å². The highest BCUT2D eigenvalue weighted by molar-refractivity contribution is 6.32. The third-order valence-corrected chi connectivity index (χ3v) is 6.17. The van der Waals surface area contributed by atoms with Crippen molar-refractivity contribution in [3.63, 3.8) is 0 Å². The number of ether oxygens (including phenoxy) is 1. The lowest BCUT2D eigenvalue weighted by Crippen LogP contribution is -2.50. The van der Waals surface area contributed by atoms with Crippen molar-refractivity contribution in [2.75, 3.05) is 26.2 Å². The van der Waals surface area contributed by atoms with Gasteiger partial charge in [-0.3, -0.25) is 19.4 Å². The van der Waals surface area contributed by atoms with Crippen molar-refractivity contribution < 1.29 is 18.7 Å². The number of rotatable bonds is 4. The molecule has 2 amide bonds. The second kappa shape index (κ2) is 9.71. The van der Waals surface area contributed by atoms with E-state index in [0.717, 1.165) is 25.2 Å². The van der Waals surface area contributed by atoms with E-state index in [2.05, 4.69) is 4.90 Å². The van der Waals surface area contributed by atoms with E-state index in [0.29, 0.717) is 35.9 Å². The molecule has 168 valence electrons. The molecule has 0 N–H and O–H groups in total.